The molecule has 5 nitrogen and oxygen atoms in total. The van der Waals surface area contributed by atoms with E-state index >= 15 is 0 Å². The second-order valence-electron chi connectivity index (χ2n) is 7.29. The molecule has 4 aromatic carbocycles. The molecular formula is C27H21ClN2O3S. The maximum absolute atomic E-state index is 12.6. The molecular weight excluding hydrogens is 468 g/mol. The Morgan fingerprint density at radius 2 is 1.47 bits per heavy atom. The molecule has 4 rings (SSSR count). The van der Waals surface area contributed by atoms with Crippen LogP contribution in [0.3, 0.4) is 0 Å². The minimum Gasteiger partial charge on any atom is -0.489 e. The van der Waals surface area contributed by atoms with Gasteiger partial charge in [-0.05, 0) is 84.5 Å². The van der Waals surface area contributed by atoms with E-state index in [1.807, 2.05) is 48.5 Å². The van der Waals surface area contributed by atoms with Crippen LogP contribution in [0.1, 0.15) is 15.9 Å². The third kappa shape index (κ3) is 6.81. The van der Waals surface area contributed by atoms with Gasteiger partial charge in [0.1, 0.15) is 23.9 Å². The number of anilines is 1. The van der Waals surface area contributed by atoms with Gasteiger partial charge in [0.05, 0.1) is 0 Å². The van der Waals surface area contributed by atoms with Gasteiger partial charge in [-0.2, -0.15) is 0 Å². The van der Waals surface area contributed by atoms with Gasteiger partial charge in [-0.15, -0.1) is 0 Å². The Balaban J connectivity index is 1.29. The number of benzene rings is 4. The van der Waals surface area contributed by atoms with Gasteiger partial charge in [-0.1, -0.05) is 48.0 Å². The lowest BCUT2D eigenvalue weighted by atomic mass is 10.2. The molecule has 0 spiro atoms. The number of amides is 1. The van der Waals surface area contributed by atoms with Gasteiger partial charge < -0.3 is 14.8 Å². The second kappa shape index (κ2) is 11.3. The maximum Gasteiger partial charge on any atom is 0.257 e. The Labute approximate surface area is 208 Å². The van der Waals surface area contributed by atoms with E-state index in [-0.39, 0.29) is 11.0 Å². The first-order chi connectivity index (χ1) is 16.5. The topological polar surface area (TPSA) is 59.6 Å². The molecule has 0 aliphatic carbocycles. The largest absolute Gasteiger partial charge is 0.489 e. The summed E-state index contributed by atoms with van der Waals surface area (Å²) in [4.78, 5) is 12.6. The summed E-state index contributed by atoms with van der Waals surface area (Å²) in [5.41, 5.74) is 2.21. The number of carbonyl (C=O) groups excluding carboxylic acids is 1. The third-order valence-corrected chi connectivity index (χ3v) is 5.19. The lowest BCUT2D eigenvalue weighted by Gasteiger charge is -2.12. The van der Waals surface area contributed by atoms with Crippen molar-refractivity contribution >= 4 is 40.5 Å². The minimum absolute atomic E-state index is 0.187. The highest BCUT2D eigenvalue weighted by molar-refractivity contribution is 7.80. The molecule has 0 aliphatic heterocycles. The fourth-order valence-corrected chi connectivity index (χ4v) is 3.39. The van der Waals surface area contributed by atoms with Crippen LogP contribution < -0.4 is 20.1 Å². The number of halogens is 1. The Hall–Kier alpha value is -3.87. The van der Waals surface area contributed by atoms with E-state index in [2.05, 4.69) is 10.6 Å². The predicted molar refractivity (Wildman–Crippen MR) is 139 cm³/mol. The van der Waals surface area contributed by atoms with Crippen molar-refractivity contribution in [1.82, 2.24) is 5.32 Å². The molecule has 1 amide bonds. The standard InChI is InChI=1S/C27H21ClN2O3S/c28-21-9-13-23(14-10-21)33-24-15-11-22(12-16-24)29-27(34)30-26(31)20-7-4-8-25(17-20)32-18-19-5-2-1-3-6-19/h1-17H,18H2,(H2,29,30,31,34). The first kappa shape index (κ1) is 23.3. The monoisotopic (exact) mass is 488 g/mol. The zero-order valence-electron chi connectivity index (χ0n) is 18.0. The van der Waals surface area contributed by atoms with Crippen LogP contribution in [0.2, 0.25) is 5.02 Å². The molecule has 2 N–H and O–H groups in total. The van der Waals surface area contributed by atoms with Crippen molar-refractivity contribution < 1.29 is 14.3 Å². The van der Waals surface area contributed by atoms with Crippen molar-refractivity contribution in [1.29, 1.82) is 0 Å². The first-order valence-electron chi connectivity index (χ1n) is 10.5. The van der Waals surface area contributed by atoms with E-state index in [4.69, 9.17) is 33.3 Å². The van der Waals surface area contributed by atoms with Crippen molar-refractivity contribution in [2.24, 2.45) is 0 Å². The van der Waals surface area contributed by atoms with Gasteiger partial charge in [-0.25, -0.2) is 0 Å². The van der Waals surface area contributed by atoms with Gasteiger partial charge >= 0.3 is 0 Å². The molecule has 4 aromatic rings. The number of hydrogen-bond acceptors (Lipinski definition) is 4. The lowest BCUT2D eigenvalue weighted by molar-refractivity contribution is 0.0977. The van der Waals surface area contributed by atoms with Gasteiger partial charge in [0.2, 0.25) is 0 Å². The van der Waals surface area contributed by atoms with Crippen LogP contribution in [0.4, 0.5) is 5.69 Å². The zero-order chi connectivity index (χ0) is 23.8. The fourth-order valence-electron chi connectivity index (χ4n) is 3.05. The molecule has 170 valence electrons. The van der Waals surface area contributed by atoms with Crippen LogP contribution in [-0.4, -0.2) is 11.0 Å². The fraction of sp³-hybridized carbons (Fsp3) is 0.0370. The average molecular weight is 489 g/mol. The van der Waals surface area contributed by atoms with E-state index in [1.165, 1.54) is 0 Å². The van der Waals surface area contributed by atoms with Crippen LogP contribution in [-0.2, 0) is 6.61 Å². The highest BCUT2D eigenvalue weighted by Crippen LogP contribution is 2.24. The molecule has 0 aromatic heterocycles. The van der Waals surface area contributed by atoms with E-state index < -0.39 is 0 Å². The number of carbonyl (C=O) groups is 1. The van der Waals surface area contributed by atoms with Crippen LogP contribution in [0.25, 0.3) is 0 Å². The Bertz CT molecular complexity index is 1260. The van der Waals surface area contributed by atoms with Gasteiger partial charge in [0.15, 0.2) is 5.11 Å². The molecule has 0 fully saturated rings. The van der Waals surface area contributed by atoms with Crippen LogP contribution in [0.5, 0.6) is 17.2 Å². The summed E-state index contributed by atoms with van der Waals surface area (Å²) >= 11 is 11.2. The molecule has 7 heteroatoms. The van der Waals surface area contributed by atoms with Gasteiger partial charge in [0, 0.05) is 16.3 Å². The summed E-state index contributed by atoms with van der Waals surface area (Å²) in [5, 5.41) is 6.52. The number of nitrogens with one attached hydrogen (secondary N) is 2. The molecule has 0 unspecified atom stereocenters. The van der Waals surface area contributed by atoms with Crippen LogP contribution in [0, 0.1) is 0 Å². The number of hydrogen-bond donors (Lipinski definition) is 2. The van der Waals surface area contributed by atoms with E-state index in [1.54, 1.807) is 54.6 Å². The average Bonchev–Trinajstić information content (AvgIpc) is 2.86. The van der Waals surface area contributed by atoms with E-state index in [0.29, 0.717) is 40.1 Å². The molecule has 0 saturated carbocycles. The van der Waals surface area contributed by atoms with Gasteiger partial charge in [0.25, 0.3) is 5.91 Å². The molecule has 0 heterocycles. The third-order valence-electron chi connectivity index (χ3n) is 4.73. The molecule has 0 radical (unpaired) electrons. The van der Waals surface area contributed by atoms with Crippen molar-refractivity contribution in [3.63, 3.8) is 0 Å². The van der Waals surface area contributed by atoms with Crippen molar-refractivity contribution in [2.75, 3.05) is 5.32 Å². The summed E-state index contributed by atoms with van der Waals surface area (Å²) in [5.74, 6) is 1.62. The van der Waals surface area contributed by atoms with Crippen molar-refractivity contribution in [2.45, 2.75) is 6.61 Å². The second-order valence-corrected chi connectivity index (χ2v) is 8.14. The SMILES string of the molecule is O=C(NC(=S)Nc1ccc(Oc2ccc(Cl)cc2)cc1)c1cccc(OCc2ccccc2)c1. The van der Waals surface area contributed by atoms with Gasteiger partial charge in [-0.3, -0.25) is 10.1 Å². The summed E-state index contributed by atoms with van der Waals surface area (Å²) in [6.45, 7) is 0.420. The number of ether oxygens (including phenoxy) is 2. The molecule has 34 heavy (non-hydrogen) atoms. The smallest absolute Gasteiger partial charge is 0.257 e. The molecule has 0 saturated heterocycles. The van der Waals surface area contributed by atoms with Crippen molar-refractivity contribution in [3.05, 3.63) is 119 Å². The van der Waals surface area contributed by atoms with Crippen LogP contribution in [0.15, 0.2) is 103 Å². The maximum atomic E-state index is 12.6. The Kier molecular flexibility index (Phi) is 7.75. The summed E-state index contributed by atoms with van der Waals surface area (Å²) in [6, 6.07) is 31.1. The molecule has 0 aliphatic rings. The summed E-state index contributed by atoms with van der Waals surface area (Å²) in [6.07, 6.45) is 0. The van der Waals surface area contributed by atoms with E-state index in [9.17, 15) is 4.79 Å². The highest BCUT2D eigenvalue weighted by atomic mass is 35.5. The summed E-state index contributed by atoms with van der Waals surface area (Å²) < 4.78 is 11.6. The minimum atomic E-state index is -0.328. The zero-order valence-corrected chi connectivity index (χ0v) is 19.6. The summed E-state index contributed by atoms with van der Waals surface area (Å²) in [7, 11) is 0. The van der Waals surface area contributed by atoms with Crippen molar-refractivity contribution in [3.8, 4) is 17.2 Å². The van der Waals surface area contributed by atoms with Crippen LogP contribution >= 0.6 is 23.8 Å². The molecule has 0 bridgehead atoms. The normalized spacial score (nSPS) is 10.3. The van der Waals surface area contributed by atoms with E-state index in [0.717, 1.165) is 5.56 Å². The quantitative estimate of drug-likeness (QED) is 0.279. The number of thiocarbonyl (C=S) groups is 1. The predicted octanol–water partition coefficient (Wildman–Crippen LogP) is 6.84. The molecule has 0 atom stereocenters. The highest BCUT2D eigenvalue weighted by Gasteiger charge is 2.10. The first-order valence-corrected chi connectivity index (χ1v) is 11.3. The lowest BCUT2D eigenvalue weighted by Crippen LogP contribution is -2.34. The number of rotatable bonds is 7. The Morgan fingerprint density at radius 3 is 2.18 bits per heavy atom. The Morgan fingerprint density at radius 1 is 0.794 bits per heavy atom.